The lowest BCUT2D eigenvalue weighted by Crippen LogP contribution is -2.53. The van der Waals surface area contributed by atoms with Crippen LogP contribution in [0.25, 0.3) is 0 Å². The molecule has 230 valence electrons. The van der Waals surface area contributed by atoms with Gasteiger partial charge in [0.25, 0.3) is 10.0 Å². The van der Waals surface area contributed by atoms with Crippen molar-refractivity contribution in [3.8, 4) is 0 Å². The van der Waals surface area contributed by atoms with Crippen LogP contribution >= 0.6 is 23.2 Å². The van der Waals surface area contributed by atoms with Crippen LogP contribution in [-0.4, -0.2) is 43.8 Å². The summed E-state index contributed by atoms with van der Waals surface area (Å²) < 4.78 is 29.4. The van der Waals surface area contributed by atoms with Gasteiger partial charge in [0, 0.05) is 22.6 Å². The van der Waals surface area contributed by atoms with Crippen molar-refractivity contribution in [2.75, 3.05) is 10.8 Å². The Labute approximate surface area is 265 Å². The highest BCUT2D eigenvalue weighted by molar-refractivity contribution is 7.92. The van der Waals surface area contributed by atoms with Crippen molar-refractivity contribution < 1.29 is 18.0 Å². The van der Waals surface area contributed by atoms with E-state index in [1.807, 2.05) is 26.0 Å². The summed E-state index contributed by atoms with van der Waals surface area (Å²) >= 11 is 12.6. The standard InChI is InChI=1S/C33H39Cl2N3O4S/c1-4-25-10-8-9-13-31(25)38(43(41,42)29-18-14-23(2)15-19-29)22-32(39)37(21-26-16-17-27(34)20-30(26)35)24(3)33(40)36-28-11-6-5-7-12-28/h8-10,13-20,24,28H,4-7,11-12,21-22H2,1-3H3,(H,36,40)/t24-/m1/s1. The Kier molecular flexibility index (Phi) is 11.2. The first-order valence-corrected chi connectivity index (χ1v) is 16.9. The lowest BCUT2D eigenvalue weighted by Gasteiger charge is -2.34. The molecule has 3 aromatic carbocycles. The third-order valence-corrected chi connectivity index (χ3v) is 10.4. The molecule has 0 heterocycles. The molecule has 4 rings (SSSR count). The molecule has 1 fully saturated rings. The zero-order valence-corrected chi connectivity index (χ0v) is 27.2. The molecule has 10 heteroatoms. The lowest BCUT2D eigenvalue weighted by molar-refractivity contribution is -0.139. The van der Waals surface area contributed by atoms with E-state index in [-0.39, 0.29) is 23.4 Å². The SMILES string of the molecule is CCc1ccccc1N(CC(=O)N(Cc1ccc(Cl)cc1Cl)[C@H](C)C(=O)NC1CCCCC1)S(=O)(=O)c1ccc(C)cc1. The number of rotatable bonds is 11. The molecule has 2 amide bonds. The van der Waals surface area contributed by atoms with Crippen molar-refractivity contribution in [2.24, 2.45) is 0 Å². The maximum absolute atomic E-state index is 14.3. The van der Waals surface area contributed by atoms with Crippen molar-refractivity contribution >= 4 is 50.7 Å². The fourth-order valence-electron chi connectivity index (χ4n) is 5.39. The van der Waals surface area contributed by atoms with Crippen molar-refractivity contribution in [3.05, 3.63) is 93.5 Å². The van der Waals surface area contributed by atoms with Gasteiger partial charge in [-0.15, -0.1) is 0 Å². The molecule has 1 atom stereocenters. The third kappa shape index (κ3) is 8.11. The molecule has 7 nitrogen and oxygen atoms in total. The normalized spacial score (nSPS) is 14.6. The molecule has 0 aromatic heterocycles. The van der Waals surface area contributed by atoms with Crippen LogP contribution < -0.4 is 9.62 Å². The molecule has 0 spiro atoms. The van der Waals surface area contributed by atoms with Gasteiger partial charge < -0.3 is 10.2 Å². The Balaban J connectivity index is 1.72. The predicted octanol–water partition coefficient (Wildman–Crippen LogP) is 6.93. The molecule has 1 aliphatic carbocycles. The maximum Gasteiger partial charge on any atom is 0.264 e. The Morgan fingerprint density at radius 1 is 0.953 bits per heavy atom. The van der Waals surface area contributed by atoms with Crippen molar-refractivity contribution in [3.63, 3.8) is 0 Å². The number of sulfonamides is 1. The largest absolute Gasteiger partial charge is 0.352 e. The molecule has 0 bridgehead atoms. The number of hydrogen-bond acceptors (Lipinski definition) is 4. The minimum atomic E-state index is -4.15. The van der Waals surface area contributed by atoms with E-state index in [0.29, 0.717) is 27.7 Å². The molecule has 0 aliphatic heterocycles. The quantitative estimate of drug-likeness (QED) is 0.246. The van der Waals surface area contributed by atoms with Crippen LogP contribution in [0.2, 0.25) is 10.0 Å². The Morgan fingerprint density at radius 3 is 2.28 bits per heavy atom. The number of aryl methyl sites for hydroxylation is 2. The van der Waals surface area contributed by atoms with Crippen LogP contribution in [0.1, 0.15) is 62.6 Å². The maximum atomic E-state index is 14.3. The molecule has 1 aliphatic rings. The first-order chi connectivity index (χ1) is 20.5. The number of nitrogens with one attached hydrogen (secondary N) is 1. The second-order valence-corrected chi connectivity index (χ2v) is 13.8. The van der Waals surface area contributed by atoms with Gasteiger partial charge in [0.05, 0.1) is 10.6 Å². The number of amides is 2. The molecule has 0 radical (unpaired) electrons. The van der Waals surface area contributed by atoms with Gasteiger partial charge in [0.1, 0.15) is 12.6 Å². The summed E-state index contributed by atoms with van der Waals surface area (Å²) in [6.07, 6.45) is 5.59. The Bertz CT molecular complexity index is 1540. The van der Waals surface area contributed by atoms with Gasteiger partial charge in [-0.05, 0) is 74.6 Å². The second kappa shape index (κ2) is 14.6. The smallest absolute Gasteiger partial charge is 0.264 e. The van der Waals surface area contributed by atoms with Crippen LogP contribution in [0.4, 0.5) is 5.69 Å². The average Bonchev–Trinajstić information content (AvgIpc) is 2.99. The molecule has 1 saturated carbocycles. The fourth-order valence-corrected chi connectivity index (χ4v) is 7.31. The molecular formula is C33H39Cl2N3O4S. The van der Waals surface area contributed by atoms with E-state index in [1.165, 1.54) is 4.90 Å². The van der Waals surface area contributed by atoms with Gasteiger partial charge >= 0.3 is 0 Å². The van der Waals surface area contributed by atoms with Crippen LogP contribution in [0.15, 0.2) is 71.6 Å². The van der Waals surface area contributed by atoms with Gasteiger partial charge in [-0.25, -0.2) is 8.42 Å². The van der Waals surface area contributed by atoms with Gasteiger partial charge in [0.2, 0.25) is 11.8 Å². The summed E-state index contributed by atoms with van der Waals surface area (Å²) in [7, 11) is -4.15. The van der Waals surface area contributed by atoms with E-state index < -0.39 is 28.5 Å². The molecule has 43 heavy (non-hydrogen) atoms. The topological polar surface area (TPSA) is 86.8 Å². The fraction of sp³-hybridized carbons (Fsp3) is 0.394. The molecule has 0 unspecified atom stereocenters. The summed E-state index contributed by atoms with van der Waals surface area (Å²) in [5, 5.41) is 3.91. The number of anilines is 1. The van der Waals surface area contributed by atoms with Crippen molar-refractivity contribution in [1.29, 1.82) is 0 Å². The molecule has 3 aromatic rings. The predicted molar refractivity (Wildman–Crippen MR) is 173 cm³/mol. The molecule has 0 saturated heterocycles. The number of hydrogen-bond donors (Lipinski definition) is 1. The highest BCUT2D eigenvalue weighted by Crippen LogP contribution is 2.29. The number of nitrogens with zero attached hydrogens (tertiary/aromatic N) is 2. The first-order valence-electron chi connectivity index (χ1n) is 14.7. The van der Waals surface area contributed by atoms with Gasteiger partial charge in [0.15, 0.2) is 0 Å². The van der Waals surface area contributed by atoms with Crippen molar-refractivity contribution in [2.45, 2.75) is 82.8 Å². The zero-order chi connectivity index (χ0) is 31.1. The van der Waals surface area contributed by atoms with E-state index in [2.05, 4.69) is 5.32 Å². The number of para-hydroxylation sites is 1. The van der Waals surface area contributed by atoms with E-state index >= 15 is 0 Å². The summed E-state index contributed by atoms with van der Waals surface area (Å²) in [5.74, 6) is -0.814. The van der Waals surface area contributed by atoms with E-state index in [4.69, 9.17) is 23.2 Å². The molecule has 1 N–H and O–H groups in total. The van der Waals surface area contributed by atoms with E-state index in [0.717, 1.165) is 47.5 Å². The third-order valence-electron chi connectivity index (χ3n) is 8.00. The highest BCUT2D eigenvalue weighted by atomic mass is 35.5. The highest BCUT2D eigenvalue weighted by Gasteiger charge is 2.34. The summed E-state index contributed by atoms with van der Waals surface area (Å²) in [5.41, 5.74) is 2.71. The minimum Gasteiger partial charge on any atom is -0.352 e. The summed E-state index contributed by atoms with van der Waals surface area (Å²) in [4.78, 5) is 29.2. The average molecular weight is 645 g/mol. The Hall–Kier alpha value is -3.07. The molecular weight excluding hydrogens is 605 g/mol. The number of benzene rings is 3. The minimum absolute atomic E-state index is 0.00192. The number of halogens is 2. The first kappa shape index (κ1) is 32.8. The van der Waals surface area contributed by atoms with E-state index in [9.17, 15) is 18.0 Å². The van der Waals surface area contributed by atoms with Gasteiger partial charge in [-0.3, -0.25) is 13.9 Å². The summed E-state index contributed by atoms with van der Waals surface area (Å²) in [6, 6.07) is 17.8. The Morgan fingerprint density at radius 2 is 1.63 bits per heavy atom. The summed E-state index contributed by atoms with van der Waals surface area (Å²) in [6.45, 7) is 4.98. The number of carbonyl (C=O) groups excluding carboxylic acids is 2. The monoisotopic (exact) mass is 643 g/mol. The van der Waals surface area contributed by atoms with Crippen LogP contribution in [0, 0.1) is 6.92 Å². The second-order valence-electron chi connectivity index (χ2n) is 11.1. The zero-order valence-electron chi connectivity index (χ0n) is 24.9. The van der Waals surface area contributed by atoms with Gasteiger partial charge in [-0.1, -0.05) is 91.3 Å². The lowest BCUT2D eigenvalue weighted by atomic mass is 9.95. The van der Waals surface area contributed by atoms with Crippen LogP contribution in [0.3, 0.4) is 0 Å². The van der Waals surface area contributed by atoms with Crippen LogP contribution in [-0.2, 0) is 32.6 Å². The van der Waals surface area contributed by atoms with Crippen LogP contribution in [0.5, 0.6) is 0 Å². The van der Waals surface area contributed by atoms with Gasteiger partial charge in [-0.2, -0.15) is 0 Å². The van der Waals surface area contributed by atoms with E-state index in [1.54, 1.807) is 61.5 Å². The number of carbonyl (C=O) groups is 2. The van der Waals surface area contributed by atoms with Crippen molar-refractivity contribution in [1.82, 2.24) is 10.2 Å².